The Balaban J connectivity index is 5.88. The van der Waals surface area contributed by atoms with Crippen LogP contribution in [0.25, 0.3) is 0 Å². The molecule has 0 unspecified atom stereocenters. The molecule has 0 saturated heterocycles. The number of nitrogens with zero attached hydrogens (tertiary/aromatic N) is 1. The molecule has 0 aromatic heterocycles. The van der Waals surface area contributed by atoms with Gasteiger partial charge in [-0.1, -0.05) is 46.4 Å². The predicted octanol–water partition coefficient (Wildman–Crippen LogP) is 5.46. The van der Waals surface area contributed by atoms with Crippen molar-refractivity contribution in [1.29, 1.82) is 0 Å². The third-order valence-electron chi connectivity index (χ3n) is 2.91. The summed E-state index contributed by atoms with van der Waals surface area (Å²) in [6.07, 6.45) is -0.590. The zero-order valence-electron chi connectivity index (χ0n) is 12.1. The molecule has 0 aromatic carbocycles. The highest BCUT2D eigenvalue weighted by Gasteiger charge is 2.35. The minimum Gasteiger partial charge on any atom is -0.248 e. The topological polar surface area (TPSA) is 12.4 Å². The Morgan fingerprint density at radius 3 is 2.00 bits per heavy atom. The van der Waals surface area contributed by atoms with E-state index >= 15 is 0 Å². The molecule has 0 aliphatic heterocycles. The number of allylic oxidation sites excluding steroid dienone is 4. The summed E-state index contributed by atoms with van der Waals surface area (Å²) >= 11 is 0. The quantitative estimate of drug-likeness (QED) is 0.450. The summed E-state index contributed by atoms with van der Waals surface area (Å²) in [6.45, 7) is 14.3. The molecule has 0 heterocycles. The van der Waals surface area contributed by atoms with Crippen LogP contribution in [0.2, 0.25) is 0 Å². The molecule has 0 bridgehead atoms. The SMILES string of the molecule is C=C/C(C)=C(\N=C(/C=C)C(F)(F)F)C(C)(C)CCC. The fraction of sp³-hybridized carbons (Fsp3) is 0.533. The Morgan fingerprint density at radius 2 is 1.68 bits per heavy atom. The molecule has 1 nitrogen and oxygen atoms in total. The molecule has 0 fully saturated rings. The van der Waals surface area contributed by atoms with Crippen molar-refractivity contribution in [3.8, 4) is 0 Å². The van der Waals surface area contributed by atoms with Crippen LogP contribution in [0, 0.1) is 5.41 Å². The standard InChI is InChI=1S/C15H22F3N/c1-7-10-14(5,6)13(11(4)8-2)19-12(9-3)15(16,17)18/h8-9H,2-3,7,10H2,1,4-6H3/b13-11-,19-12+. The summed E-state index contributed by atoms with van der Waals surface area (Å²) in [4.78, 5) is 3.81. The van der Waals surface area contributed by atoms with E-state index in [9.17, 15) is 13.2 Å². The van der Waals surface area contributed by atoms with Gasteiger partial charge < -0.3 is 0 Å². The molecule has 0 spiro atoms. The lowest BCUT2D eigenvalue weighted by Gasteiger charge is -2.27. The summed E-state index contributed by atoms with van der Waals surface area (Å²) < 4.78 is 38.3. The first-order valence-electron chi connectivity index (χ1n) is 6.22. The molecule has 0 N–H and O–H groups in total. The van der Waals surface area contributed by atoms with Crippen molar-refractivity contribution in [3.05, 3.63) is 36.6 Å². The maximum Gasteiger partial charge on any atom is 0.433 e. The van der Waals surface area contributed by atoms with E-state index in [4.69, 9.17) is 0 Å². The number of aliphatic imine (C=N–C) groups is 1. The number of hydrogen-bond acceptors (Lipinski definition) is 1. The molecule has 0 radical (unpaired) electrons. The van der Waals surface area contributed by atoms with Gasteiger partial charge in [0.1, 0.15) is 5.71 Å². The van der Waals surface area contributed by atoms with Gasteiger partial charge >= 0.3 is 6.18 Å². The lowest BCUT2D eigenvalue weighted by atomic mass is 9.82. The van der Waals surface area contributed by atoms with Crippen LogP contribution in [0.5, 0.6) is 0 Å². The van der Waals surface area contributed by atoms with E-state index in [0.717, 1.165) is 18.9 Å². The highest BCUT2D eigenvalue weighted by atomic mass is 19.4. The molecule has 0 aromatic rings. The van der Waals surface area contributed by atoms with Crippen molar-refractivity contribution < 1.29 is 13.2 Å². The van der Waals surface area contributed by atoms with Gasteiger partial charge in [0.25, 0.3) is 0 Å². The van der Waals surface area contributed by atoms with Crippen LogP contribution in [0.3, 0.4) is 0 Å². The van der Waals surface area contributed by atoms with Crippen molar-refractivity contribution in [1.82, 2.24) is 0 Å². The molecular weight excluding hydrogens is 251 g/mol. The van der Waals surface area contributed by atoms with E-state index < -0.39 is 17.3 Å². The average molecular weight is 273 g/mol. The first-order chi connectivity index (χ1) is 8.60. The first kappa shape index (κ1) is 17.7. The molecule has 108 valence electrons. The fourth-order valence-corrected chi connectivity index (χ4v) is 1.96. The maximum absolute atomic E-state index is 12.8. The van der Waals surface area contributed by atoms with Gasteiger partial charge in [0, 0.05) is 11.1 Å². The summed E-state index contributed by atoms with van der Waals surface area (Å²) in [5.41, 5.74) is -0.335. The van der Waals surface area contributed by atoms with Crippen molar-refractivity contribution >= 4 is 5.71 Å². The van der Waals surface area contributed by atoms with Crippen molar-refractivity contribution in [2.45, 2.75) is 46.7 Å². The van der Waals surface area contributed by atoms with E-state index in [-0.39, 0.29) is 0 Å². The third kappa shape index (κ3) is 5.05. The second kappa shape index (κ2) is 6.73. The van der Waals surface area contributed by atoms with Gasteiger partial charge in [-0.25, -0.2) is 4.99 Å². The van der Waals surface area contributed by atoms with E-state index in [1.54, 1.807) is 6.92 Å². The molecule has 19 heavy (non-hydrogen) atoms. The highest BCUT2D eigenvalue weighted by Crippen LogP contribution is 2.36. The van der Waals surface area contributed by atoms with Crippen molar-refractivity contribution in [2.75, 3.05) is 0 Å². The minimum atomic E-state index is -4.49. The largest absolute Gasteiger partial charge is 0.433 e. The number of rotatable bonds is 6. The fourth-order valence-electron chi connectivity index (χ4n) is 1.96. The van der Waals surface area contributed by atoms with Crippen molar-refractivity contribution in [3.63, 3.8) is 0 Å². The second-order valence-corrected chi connectivity index (χ2v) is 5.07. The van der Waals surface area contributed by atoms with Gasteiger partial charge in [-0.2, -0.15) is 13.2 Å². The van der Waals surface area contributed by atoms with Crippen LogP contribution < -0.4 is 0 Å². The van der Waals surface area contributed by atoms with Crippen LogP contribution >= 0.6 is 0 Å². The average Bonchev–Trinajstić information content (AvgIpc) is 2.27. The van der Waals surface area contributed by atoms with Gasteiger partial charge in [-0.05, 0) is 25.0 Å². The van der Waals surface area contributed by atoms with Gasteiger partial charge in [0.15, 0.2) is 0 Å². The predicted molar refractivity (Wildman–Crippen MR) is 75.3 cm³/mol. The highest BCUT2D eigenvalue weighted by molar-refractivity contribution is 5.99. The molecule has 0 aliphatic rings. The summed E-state index contributed by atoms with van der Waals surface area (Å²) in [5.74, 6) is 0. The minimum absolute atomic E-state index is 0.413. The molecule has 0 saturated carbocycles. The number of hydrogen-bond donors (Lipinski definition) is 0. The molecule has 0 rings (SSSR count). The lowest BCUT2D eigenvalue weighted by molar-refractivity contribution is -0.0577. The van der Waals surface area contributed by atoms with E-state index in [2.05, 4.69) is 18.2 Å². The summed E-state index contributed by atoms with van der Waals surface area (Å²) in [7, 11) is 0. The van der Waals surface area contributed by atoms with E-state index in [0.29, 0.717) is 11.3 Å². The van der Waals surface area contributed by atoms with E-state index in [1.807, 2.05) is 20.8 Å². The normalized spacial score (nSPS) is 15.0. The number of halogens is 3. The smallest absolute Gasteiger partial charge is 0.248 e. The van der Waals surface area contributed by atoms with Gasteiger partial charge in [0.2, 0.25) is 0 Å². The summed E-state index contributed by atoms with van der Waals surface area (Å²) in [5, 5.41) is 0. The Kier molecular flexibility index (Phi) is 6.27. The van der Waals surface area contributed by atoms with Crippen LogP contribution in [0.4, 0.5) is 13.2 Å². The Hall–Kier alpha value is -1.32. The zero-order valence-corrected chi connectivity index (χ0v) is 12.1. The molecule has 4 heteroatoms. The molecule has 0 aliphatic carbocycles. The lowest BCUT2D eigenvalue weighted by Crippen LogP contribution is -2.23. The van der Waals surface area contributed by atoms with Crippen LogP contribution in [0.1, 0.15) is 40.5 Å². The van der Waals surface area contributed by atoms with Gasteiger partial charge in [-0.15, -0.1) is 0 Å². The van der Waals surface area contributed by atoms with Crippen LogP contribution in [-0.4, -0.2) is 11.9 Å². The Morgan fingerprint density at radius 1 is 1.16 bits per heavy atom. The van der Waals surface area contributed by atoms with Crippen molar-refractivity contribution in [2.24, 2.45) is 10.4 Å². The molecule has 0 atom stereocenters. The monoisotopic (exact) mass is 273 g/mol. The van der Waals surface area contributed by atoms with E-state index in [1.165, 1.54) is 6.08 Å². The molecule has 0 amide bonds. The van der Waals surface area contributed by atoms with Gasteiger partial charge in [0.05, 0.1) is 0 Å². The van der Waals surface area contributed by atoms with Gasteiger partial charge in [-0.3, -0.25) is 0 Å². The number of alkyl halides is 3. The van der Waals surface area contributed by atoms with Crippen LogP contribution in [0.15, 0.2) is 41.6 Å². The third-order valence-corrected chi connectivity index (χ3v) is 2.91. The Bertz CT molecular complexity index is 398. The first-order valence-corrected chi connectivity index (χ1v) is 6.22. The molecular formula is C15H22F3N. The second-order valence-electron chi connectivity index (χ2n) is 5.07. The van der Waals surface area contributed by atoms with Crippen LogP contribution in [-0.2, 0) is 0 Å². The maximum atomic E-state index is 12.8. The zero-order chi connectivity index (χ0) is 15.3. The Labute approximate surface area is 113 Å². The summed E-state index contributed by atoms with van der Waals surface area (Å²) in [6, 6.07) is 0.